The lowest BCUT2D eigenvalue weighted by molar-refractivity contribution is 0.279. The predicted molar refractivity (Wildman–Crippen MR) is 72.4 cm³/mol. The zero-order valence-electron chi connectivity index (χ0n) is 10.2. The second-order valence-corrected chi connectivity index (χ2v) is 4.10. The molecule has 0 atom stereocenters. The Hall–Kier alpha value is -2.00. The van der Waals surface area contributed by atoms with Crippen molar-refractivity contribution in [2.24, 2.45) is 0 Å². The van der Waals surface area contributed by atoms with Crippen molar-refractivity contribution < 1.29 is 9.84 Å². The number of nitrogen functional groups attached to an aromatic ring is 1. The van der Waals surface area contributed by atoms with E-state index < -0.39 is 0 Å². The van der Waals surface area contributed by atoms with Crippen LogP contribution in [-0.2, 0) is 13.0 Å². The molecule has 0 radical (unpaired) electrons. The minimum atomic E-state index is 0.0306. The van der Waals surface area contributed by atoms with Gasteiger partial charge in [0, 0.05) is 12.1 Å². The molecule has 2 aromatic rings. The summed E-state index contributed by atoms with van der Waals surface area (Å²) in [7, 11) is 0. The molecule has 18 heavy (non-hydrogen) atoms. The van der Waals surface area contributed by atoms with Gasteiger partial charge in [-0.1, -0.05) is 30.3 Å². The first kappa shape index (κ1) is 12.5. The first-order valence-corrected chi connectivity index (χ1v) is 5.95. The van der Waals surface area contributed by atoms with E-state index in [2.05, 4.69) is 0 Å². The molecule has 0 heterocycles. The number of nitrogens with two attached hydrogens (primary N) is 1. The highest BCUT2D eigenvalue weighted by molar-refractivity contribution is 5.46. The number of aliphatic hydroxyl groups is 1. The second-order valence-electron chi connectivity index (χ2n) is 4.10. The van der Waals surface area contributed by atoms with Crippen LogP contribution in [0.5, 0.6) is 5.75 Å². The molecular weight excluding hydrogens is 226 g/mol. The molecule has 0 bridgehead atoms. The van der Waals surface area contributed by atoms with Gasteiger partial charge in [0.1, 0.15) is 5.75 Å². The molecule has 0 spiro atoms. The molecule has 0 aromatic heterocycles. The molecule has 0 aliphatic carbocycles. The van der Waals surface area contributed by atoms with Gasteiger partial charge in [-0.25, -0.2) is 0 Å². The van der Waals surface area contributed by atoms with Crippen LogP contribution in [0.4, 0.5) is 5.69 Å². The van der Waals surface area contributed by atoms with E-state index in [0.717, 1.165) is 29.0 Å². The zero-order chi connectivity index (χ0) is 12.8. The third kappa shape index (κ3) is 3.25. The van der Waals surface area contributed by atoms with Crippen molar-refractivity contribution in [3.05, 3.63) is 59.7 Å². The monoisotopic (exact) mass is 243 g/mol. The Kier molecular flexibility index (Phi) is 4.20. The minimum absolute atomic E-state index is 0.0306. The molecule has 2 rings (SSSR count). The number of ether oxygens (including phenoxy) is 1. The van der Waals surface area contributed by atoms with E-state index in [9.17, 15) is 0 Å². The first-order chi connectivity index (χ1) is 8.79. The largest absolute Gasteiger partial charge is 0.493 e. The summed E-state index contributed by atoms with van der Waals surface area (Å²) in [6, 6.07) is 15.2. The highest BCUT2D eigenvalue weighted by atomic mass is 16.5. The van der Waals surface area contributed by atoms with Crippen LogP contribution < -0.4 is 10.5 Å². The highest BCUT2D eigenvalue weighted by Gasteiger charge is 1.99. The first-order valence-electron chi connectivity index (χ1n) is 5.95. The van der Waals surface area contributed by atoms with E-state index in [-0.39, 0.29) is 6.61 Å². The van der Waals surface area contributed by atoms with Crippen LogP contribution in [0.1, 0.15) is 11.1 Å². The van der Waals surface area contributed by atoms with Gasteiger partial charge in [0.2, 0.25) is 0 Å². The lowest BCUT2D eigenvalue weighted by atomic mass is 10.1. The van der Waals surface area contributed by atoms with Crippen LogP contribution >= 0.6 is 0 Å². The summed E-state index contributed by atoms with van der Waals surface area (Å²) >= 11 is 0. The Morgan fingerprint density at radius 2 is 1.89 bits per heavy atom. The SMILES string of the molecule is Nc1ccccc1CCOc1cccc(CO)c1. The molecule has 94 valence electrons. The van der Waals surface area contributed by atoms with E-state index in [1.165, 1.54) is 0 Å². The maximum atomic E-state index is 9.03. The van der Waals surface area contributed by atoms with Crippen molar-refractivity contribution >= 4 is 5.69 Å². The van der Waals surface area contributed by atoms with Crippen molar-refractivity contribution in [2.45, 2.75) is 13.0 Å². The third-order valence-corrected chi connectivity index (χ3v) is 2.78. The summed E-state index contributed by atoms with van der Waals surface area (Å²) in [5.74, 6) is 0.774. The van der Waals surface area contributed by atoms with Gasteiger partial charge in [0.25, 0.3) is 0 Å². The van der Waals surface area contributed by atoms with Crippen LogP contribution in [0.2, 0.25) is 0 Å². The van der Waals surface area contributed by atoms with Crippen molar-refractivity contribution in [3.8, 4) is 5.75 Å². The van der Waals surface area contributed by atoms with Gasteiger partial charge in [-0.05, 0) is 29.3 Å². The van der Waals surface area contributed by atoms with Crippen LogP contribution in [0.15, 0.2) is 48.5 Å². The number of hydrogen-bond donors (Lipinski definition) is 2. The Morgan fingerprint density at radius 1 is 1.06 bits per heavy atom. The van der Waals surface area contributed by atoms with Gasteiger partial charge < -0.3 is 15.6 Å². The summed E-state index contributed by atoms with van der Waals surface area (Å²) < 4.78 is 5.64. The van der Waals surface area contributed by atoms with E-state index in [1.807, 2.05) is 48.5 Å². The Bertz CT molecular complexity index is 511. The summed E-state index contributed by atoms with van der Waals surface area (Å²) in [5.41, 5.74) is 8.60. The quantitative estimate of drug-likeness (QED) is 0.793. The van der Waals surface area contributed by atoms with Gasteiger partial charge in [-0.2, -0.15) is 0 Å². The Labute approximate surface area is 107 Å². The summed E-state index contributed by atoms with van der Waals surface area (Å²) in [6.45, 7) is 0.603. The maximum absolute atomic E-state index is 9.03. The number of rotatable bonds is 5. The molecule has 0 unspecified atom stereocenters. The zero-order valence-corrected chi connectivity index (χ0v) is 10.2. The van der Waals surface area contributed by atoms with Crippen molar-refractivity contribution in [1.82, 2.24) is 0 Å². The molecule has 0 fully saturated rings. The average Bonchev–Trinajstić information content (AvgIpc) is 2.41. The lowest BCUT2D eigenvalue weighted by Gasteiger charge is -2.08. The molecule has 3 nitrogen and oxygen atoms in total. The normalized spacial score (nSPS) is 10.3. The Balaban J connectivity index is 1.90. The standard InChI is InChI=1S/C15H17NO2/c16-15-7-2-1-5-13(15)8-9-18-14-6-3-4-12(10-14)11-17/h1-7,10,17H,8-9,11,16H2. The van der Waals surface area contributed by atoms with Gasteiger partial charge in [-0.3, -0.25) is 0 Å². The number of benzene rings is 2. The van der Waals surface area contributed by atoms with Gasteiger partial charge in [0.05, 0.1) is 13.2 Å². The summed E-state index contributed by atoms with van der Waals surface area (Å²) in [4.78, 5) is 0. The smallest absolute Gasteiger partial charge is 0.119 e. The van der Waals surface area contributed by atoms with Crippen molar-refractivity contribution in [2.75, 3.05) is 12.3 Å². The van der Waals surface area contributed by atoms with E-state index in [1.54, 1.807) is 0 Å². The lowest BCUT2D eigenvalue weighted by Crippen LogP contribution is -2.03. The predicted octanol–water partition coefficient (Wildman–Crippen LogP) is 2.38. The molecule has 0 aliphatic rings. The molecular formula is C15H17NO2. The van der Waals surface area contributed by atoms with Crippen LogP contribution in [0, 0.1) is 0 Å². The molecule has 0 saturated heterocycles. The number of anilines is 1. The topological polar surface area (TPSA) is 55.5 Å². The van der Waals surface area contributed by atoms with Crippen LogP contribution in [-0.4, -0.2) is 11.7 Å². The van der Waals surface area contributed by atoms with Gasteiger partial charge in [0.15, 0.2) is 0 Å². The number of hydrogen-bond acceptors (Lipinski definition) is 3. The van der Waals surface area contributed by atoms with E-state index >= 15 is 0 Å². The fourth-order valence-corrected chi connectivity index (χ4v) is 1.77. The Morgan fingerprint density at radius 3 is 2.67 bits per heavy atom. The maximum Gasteiger partial charge on any atom is 0.119 e. The fourth-order valence-electron chi connectivity index (χ4n) is 1.77. The van der Waals surface area contributed by atoms with Crippen molar-refractivity contribution in [3.63, 3.8) is 0 Å². The van der Waals surface area contributed by atoms with E-state index in [4.69, 9.17) is 15.6 Å². The molecule has 0 saturated carbocycles. The number of aliphatic hydroxyl groups excluding tert-OH is 1. The van der Waals surface area contributed by atoms with Crippen molar-refractivity contribution in [1.29, 1.82) is 0 Å². The fraction of sp³-hybridized carbons (Fsp3) is 0.200. The van der Waals surface area contributed by atoms with Gasteiger partial charge >= 0.3 is 0 Å². The molecule has 0 amide bonds. The van der Waals surface area contributed by atoms with E-state index in [0.29, 0.717) is 6.61 Å². The molecule has 3 heteroatoms. The number of para-hydroxylation sites is 1. The molecule has 3 N–H and O–H groups in total. The highest BCUT2D eigenvalue weighted by Crippen LogP contribution is 2.15. The second kappa shape index (κ2) is 6.07. The summed E-state index contributed by atoms with van der Waals surface area (Å²) in [5, 5.41) is 9.03. The summed E-state index contributed by atoms with van der Waals surface area (Å²) in [6.07, 6.45) is 0.774. The van der Waals surface area contributed by atoms with Crippen LogP contribution in [0.3, 0.4) is 0 Å². The van der Waals surface area contributed by atoms with Crippen LogP contribution in [0.25, 0.3) is 0 Å². The van der Waals surface area contributed by atoms with Gasteiger partial charge in [-0.15, -0.1) is 0 Å². The third-order valence-electron chi connectivity index (χ3n) is 2.78. The molecule has 0 aliphatic heterocycles. The average molecular weight is 243 g/mol. The minimum Gasteiger partial charge on any atom is -0.493 e. The molecule has 2 aromatic carbocycles.